The first-order valence-corrected chi connectivity index (χ1v) is 6.72. The van der Waals surface area contributed by atoms with Crippen molar-refractivity contribution in [3.05, 3.63) is 29.8 Å². The molecule has 0 unspecified atom stereocenters. The maximum atomic E-state index is 11.7. The fourth-order valence-electron chi connectivity index (χ4n) is 1.22. The number of hydrogen-bond acceptors (Lipinski definition) is 3. The molecule has 1 amide bonds. The summed E-state index contributed by atoms with van der Waals surface area (Å²) in [5.41, 5.74) is 0.583. The molecule has 0 spiro atoms. The molecule has 0 atom stereocenters. The molecule has 0 aromatic heterocycles. The van der Waals surface area contributed by atoms with Gasteiger partial charge < -0.3 is 5.32 Å². The molecule has 0 aliphatic heterocycles. The van der Waals surface area contributed by atoms with E-state index >= 15 is 0 Å². The van der Waals surface area contributed by atoms with Crippen LogP contribution in [0.15, 0.2) is 29.2 Å². The monoisotopic (exact) mass is 251 g/mol. The fraction of sp³-hybridized carbons (Fsp3) is 0.385. The molecule has 92 valence electrons. The topological polar surface area (TPSA) is 46.2 Å². The molecular weight excluding hydrogens is 234 g/mol. The lowest BCUT2D eigenvalue weighted by atomic mass is 10.1. The van der Waals surface area contributed by atoms with Gasteiger partial charge in [0.1, 0.15) is 0 Å². The van der Waals surface area contributed by atoms with Gasteiger partial charge in [-0.05, 0) is 30.5 Å². The number of nitrogens with one attached hydrogen (secondary N) is 1. The highest BCUT2D eigenvalue weighted by Gasteiger charge is 2.10. The summed E-state index contributed by atoms with van der Waals surface area (Å²) in [5, 5.41) is 2.62. The molecule has 0 saturated carbocycles. The molecular formula is C13H17NO2S. The van der Waals surface area contributed by atoms with Crippen LogP contribution >= 0.6 is 11.8 Å². The number of ketones is 1. The van der Waals surface area contributed by atoms with Crippen molar-refractivity contribution in [2.75, 3.05) is 12.8 Å². The van der Waals surface area contributed by atoms with Crippen LogP contribution in [-0.4, -0.2) is 24.5 Å². The van der Waals surface area contributed by atoms with Crippen molar-refractivity contribution >= 4 is 23.5 Å². The first kappa shape index (κ1) is 13.8. The largest absolute Gasteiger partial charge is 0.345 e. The van der Waals surface area contributed by atoms with Gasteiger partial charge in [-0.25, -0.2) is 0 Å². The fourth-order valence-corrected chi connectivity index (χ4v) is 1.62. The summed E-state index contributed by atoms with van der Waals surface area (Å²) < 4.78 is 0. The second kappa shape index (κ2) is 6.45. The van der Waals surface area contributed by atoms with Crippen LogP contribution in [0.25, 0.3) is 0 Å². The summed E-state index contributed by atoms with van der Waals surface area (Å²) in [7, 11) is 0. The minimum Gasteiger partial charge on any atom is -0.345 e. The van der Waals surface area contributed by atoms with Gasteiger partial charge in [-0.2, -0.15) is 0 Å². The van der Waals surface area contributed by atoms with Crippen LogP contribution in [-0.2, 0) is 4.79 Å². The summed E-state index contributed by atoms with van der Waals surface area (Å²) in [6, 6.07) is 7.32. The molecule has 0 aliphatic rings. The maximum Gasteiger partial charge on any atom is 0.251 e. The van der Waals surface area contributed by atoms with Gasteiger partial charge in [0.15, 0.2) is 5.78 Å². The Morgan fingerprint density at radius 2 is 1.82 bits per heavy atom. The Labute approximate surface area is 106 Å². The molecule has 0 saturated heterocycles. The lowest BCUT2D eigenvalue weighted by Crippen LogP contribution is -2.31. The standard InChI is InChI=1S/C13H17NO2S/c1-9(2)12(15)8-14-13(16)10-4-6-11(17-3)7-5-10/h4-7,9H,8H2,1-3H3,(H,14,16). The molecule has 4 heteroatoms. The Hall–Kier alpha value is -1.29. The van der Waals surface area contributed by atoms with Gasteiger partial charge >= 0.3 is 0 Å². The Balaban J connectivity index is 2.55. The van der Waals surface area contributed by atoms with Crippen molar-refractivity contribution in [1.29, 1.82) is 0 Å². The van der Waals surface area contributed by atoms with Gasteiger partial charge in [-0.15, -0.1) is 11.8 Å². The average molecular weight is 251 g/mol. The smallest absolute Gasteiger partial charge is 0.251 e. The predicted octanol–water partition coefficient (Wildman–Crippen LogP) is 2.36. The lowest BCUT2D eigenvalue weighted by Gasteiger charge is -2.07. The Morgan fingerprint density at radius 1 is 1.24 bits per heavy atom. The number of Topliss-reactive ketones (excluding diaryl/α,β-unsaturated/α-hetero) is 1. The van der Waals surface area contributed by atoms with Crippen molar-refractivity contribution in [2.24, 2.45) is 5.92 Å². The second-order valence-corrected chi connectivity index (χ2v) is 4.91. The summed E-state index contributed by atoms with van der Waals surface area (Å²) in [5.74, 6) is -0.208. The van der Waals surface area contributed by atoms with Crippen LogP contribution in [0.1, 0.15) is 24.2 Å². The van der Waals surface area contributed by atoms with Crippen LogP contribution < -0.4 is 5.32 Å². The van der Waals surface area contributed by atoms with Crippen LogP contribution in [0.2, 0.25) is 0 Å². The number of carbonyl (C=O) groups is 2. The molecule has 1 N–H and O–H groups in total. The zero-order valence-electron chi connectivity index (χ0n) is 10.3. The molecule has 0 radical (unpaired) electrons. The zero-order chi connectivity index (χ0) is 12.8. The highest BCUT2D eigenvalue weighted by atomic mass is 32.2. The summed E-state index contributed by atoms with van der Waals surface area (Å²) in [6.07, 6.45) is 1.98. The van der Waals surface area contributed by atoms with Crippen molar-refractivity contribution in [3.8, 4) is 0 Å². The van der Waals surface area contributed by atoms with E-state index in [1.807, 2.05) is 32.2 Å². The van der Waals surface area contributed by atoms with E-state index in [9.17, 15) is 9.59 Å². The Bertz CT molecular complexity index is 398. The van der Waals surface area contributed by atoms with Gasteiger partial charge in [-0.1, -0.05) is 13.8 Å². The molecule has 1 rings (SSSR count). The van der Waals surface area contributed by atoms with Crippen LogP contribution in [0, 0.1) is 5.92 Å². The third-order valence-electron chi connectivity index (χ3n) is 2.42. The van der Waals surface area contributed by atoms with Crippen molar-refractivity contribution in [2.45, 2.75) is 18.7 Å². The number of benzene rings is 1. The van der Waals surface area contributed by atoms with Crippen molar-refractivity contribution < 1.29 is 9.59 Å². The van der Waals surface area contributed by atoms with E-state index in [0.29, 0.717) is 5.56 Å². The van der Waals surface area contributed by atoms with Gasteiger partial charge in [-0.3, -0.25) is 9.59 Å². The highest BCUT2D eigenvalue weighted by Crippen LogP contribution is 2.14. The van der Waals surface area contributed by atoms with Crippen LogP contribution in [0.4, 0.5) is 0 Å². The van der Waals surface area contributed by atoms with Crippen LogP contribution in [0.5, 0.6) is 0 Å². The van der Waals surface area contributed by atoms with Crippen LogP contribution in [0.3, 0.4) is 0 Å². The molecule has 1 aromatic carbocycles. The van der Waals surface area contributed by atoms with Gasteiger partial charge in [0.25, 0.3) is 5.91 Å². The van der Waals surface area contributed by atoms with E-state index in [1.54, 1.807) is 23.9 Å². The number of amides is 1. The molecule has 1 aromatic rings. The highest BCUT2D eigenvalue weighted by molar-refractivity contribution is 7.98. The molecule has 0 bridgehead atoms. The Kier molecular flexibility index (Phi) is 5.22. The minimum atomic E-state index is -0.202. The van der Waals surface area contributed by atoms with Crippen molar-refractivity contribution in [1.82, 2.24) is 5.32 Å². The molecule has 17 heavy (non-hydrogen) atoms. The molecule has 3 nitrogen and oxygen atoms in total. The second-order valence-electron chi connectivity index (χ2n) is 4.03. The number of hydrogen-bond donors (Lipinski definition) is 1. The predicted molar refractivity (Wildman–Crippen MR) is 70.4 cm³/mol. The van der Waals surface area contributed by atoms with E-state index in [-0.39, 0.29) is 24.2 Å². The van der Waals surface area contributed by atoms with E-state index in [4.69, 9.17) is 0 Å². The van der Waals surface area contributed by atoms with E-state index in [1.165, 1.54) is 0 Å². The molecule has 0 aliphatic carbocycles. The molecule has 0 heterocycles. The first-order chi connectivity index (χ1) is 8.04. The van der Waals surface area contributed by atoms with E-state index in [2.05, 4.69) is 5.32 Å². The lowest BCUT2D eigenvalue weighted by molar-refractivity contribution is -0.120. The number of thioether (sulfide) groups is 1. The van der Waals surface area contributed by atoms with Gasteiger partial charge in [0.2, 0.25) is 0 Å². The van der Waals surface area contributed by atoms with Crippen molar-refractivity contribution in [3.63, 3.8) is 0 Å². The number of rotatable bonds is 5. The van der Waals surface area contributed by atoms with E-state index in [0.717, 1.165) is 4.90 Å². The minimum absolute atomic E-state index is 0.0408. The first-order valence-electron chi connectivity index (χ1n) is 5.49. The third-order valence-corrected chi connectivity index (χ3v) is 3.16. The summed E-state index contributed by atoms with van der Waals surface area (Å²) in [4.78, 5) is 24.2. The number of carbonyl (C=O) groups excluding carboxylic acids is 2. The summed E-state index contributed by atoms with van der Waals surface area (Å²) >= 11 is 1.63. The SMILES string of the molecule is CSc1ccc(C(=O)NCC(=O)C(C)C)cc1. The van der Waals surface area contributed by atoms with Gasteiger partial charge in [0.05, 0.1) is 6.54 Å². The quantitative estimate of drug-likeness (QED) is 0.817. The zero-order valence-corrected chi connectivity index (χ0v) is 11.1. The average Bonchev–Trinajstić information content (AvgIpc) is 2.35. The molecule has 0 fully saturated rings. The van der Waals surface area contributed by atoms with E-state index < -0.39 is 0 Å². The maximum absolute atomic E-state index is 11.7. The normalized spacial score (nSPS) is 10.4. The third kappa shape index (κ3) is 4.23. The summed E-state index contributed by atoms with van der Waals surface area (Å²) in [6.45, 7) is 3.74. The Morgan fingerprint density at radius 3 is 2.29 bits per heavy atom. The van der Waals surface area contributed by atoms with Gasteiger partial charge in [0, 0.05) is 16.4 Å².